The van der Waals surface area contributed by atoms with Crippen molar-refractivity contribution >= 4 is 33.0 Å². The number of ether oxygens (including phenoxy) is 1. The molecule has 2 rings (SSSR count). The van der Waals surface area contributed by atoms with Crippen LogP contribution in [-0.2, 0) is 4.74 Å². The zero-order chi connectivity index (χ0) is 12.3. The Kier molecular flexibility index (Phi) is 4.02. The van der Waals surface area contributed by atoms with E-state index in [4.69, 9.17) is 9.15 Å². The summed E-state index contributed by atoms with van der Waals surface area (Å²) in [6.45, 7) is 1.44. The molecule has 0 aliphatic heterocycles. The highest BCUT2D eigenvalue weighted by Gasteiger charge is 2.13. The van der Waals surface area contributed by atoms with Crippen molar-refractivity contribution in [2.45, 2.75) is 4.83 Å². The Morgan fingerprint density at radius 3 is 2.94 bits per heavy atom. The van der Waals surface area contributed by atoms with E-state index in [0.29, 0.717) is 12.6 Å². The van der Waals surface area contributed by atoms with Crippen molar-refractivity contribution in [3.05, 3.63) is 24.3 Å². The molecule has 1 unspecified atom stereocenters. The average molecular weight is 299 g/mol. The Morgan fingerprint density at radius 2 is 2.24 bits per heavy atom. The number of hydrogen-bond donors (Lipinski definition) is 0. The Balaban J connectivity index is 2.10. The molecule has 0 radical (unpaired) electrons. The number of oxazole rings is 1. The number of alkyl halides is 1. The quantitative estimate of drug-likeness (QED) is 0.796. The highest BCUT2D eigenvalue weighted by molar-refractivity contribution is 9.09. The van der Waals surface area contributed by atoms with Gasteiger partial charge >= 0.3 is 0 Å². The summed E-state index contributed by atoms with van der Waals surface area (Å²) < 4.78 is 10.7. The lowest BCUT2D eigenvalue weighted by Crippen LogP contribution is -2.28. The van der Waals surface area contributed by atoms with Gasteiger partial charge in [0.25, 0.3) is 6.01 Å². The highest BCUT2D eigenvalue weighted by atomic mass is 79.9. The normalized spacial score (nSPS) is 12.9. The number of fused-ring (bicyclic) bond motifs is 1. The first kappa shape index (κ1) is 12.4. The summed E-state index contributed by atoms with van der Waals surface area (Å²) in [5.74, 6) is 0. The van der Waals surface area contributed by atoms with Gasteiger partial charge in [0, 0.05) is 20.7 Å². The standard InChI is InChI=1S/C12H15BrN2O2/c1-15(7-9(13)8-16-2)12-14-10-5-3-4-6-11(10)17-12/h3-6,9H,7-8H2,1-2H3. The number of halogens is 1. The van der Waals surface area contributed by atoms with Crippen molar-refractivity contribution in [1.29, 1.82) is 0 Å². The van der Waals surface area contributed by atoms with Crippen molar-refractivity contribution in [2.75, 3.05) is 32.2 Å². The smallest absolute Gasteiger partial charge is 0.298 e. The second kappa shape index (κ2) is 5.51. The van der Waals surface area contributed by atoms with E-state index >= 15 is 0 Å². The molecule has 0 saturated carbocycles. The van der Waals surface area contributed by atoms with Crippen LogP contribution < -0.4 is 4.90 Å². The first-order valence-corrected chi connectivity index (χ1v) is 6.32. The Hall–Kier alpha value is -1.07. The average Bonchev–Trinajstić information content (AvgIpc) is 2.72. The monoisotopic (exact) mass is 298 g/mol. The minimum Gasteiger partial charge on any atom is -0.423 e. The molecular weight excluding hydrogens is 284 g/mol. The van der Waals surface area contributed by atoms with E-state index in [1.54, 1.807) is 7.11 Å². The lowest BCUT2D eigenvalue weighted by atomic mass is 10.3. The minimum atomic E-state index is 0.257. The second-order valence-electron chi connectivity index (χ2n) is 3.90. The van der Waals surface area contributed by atoms with Crippen LogP contribution in [0.15, 0.2) is 28.7 Å². The topological polar surface area (TPSA) is 38.5 Å². The first-order chi connectivity index (χ1) is 8.20. The fourth-order valence-electron chi connectivity index (χ4n) is 1.63. The number of anilines is 1. The predicted octanol–water partition coefficient (Wildman–Crippen LogP) is 2.67. The zero-order valence-electron chi connectivity index (χ0n) is 9.89. The van der Waals surface area contributed by atoms with Gasteiger partial charge in [0.1, 0.15) is 5.52 Å². The van der Waals surface area contributed by atoms with E-state index in [1.807, 2.05) is 36.2 Å². The van der Waals surface area contributed by atoms with Crippen molar-refractivity contribution in [1.82, 2.24) is 4.98 Å². The van der Waals surface area contributed by atoms with Crippen LogP contribution in [0, 0.1) is 0 Å². The molecule has 1 aromatic carbocycles. The predicted molar refractivity (Wildman–Crippen MR) is 71.9 cm³/mol. The highest BCUT2D eigenvalue weighted by Crippen LogP contribution is 2.21. The Labute approximate surface area is 109 Å². The van der Waals surface area contributed by atoms with Crippen LogP contribution in [0.1, 0.15) is 0 Å². The maximum atomic E-state index is 5.66. The van der Waals surface area contributed by atoms with E-state index in [1.165, 1.54) is 0 Å². The summed E-state index contributed by atoms with van der Waals surface area (Å²) in [6, 6.07) is 8.38. The Morgan fingerprint density at radius 1 is 1.47 bits per heavy atom. The van der Waals surface area contributed by atoms with E-state index in [2.05, 4.69) is 20.9 Å². The van der Waals surface area contributed by atoms with Gasteiger partial charge in [-0.05, 0) is 12.1 Å². The summed E-state index contributed by atoms with van der Waals surface area (Å²) in [6.07, 6.45) is 0. The van der Waals surface area contributed by atoms with Crippen molar-refractivity contribution in [3.63, 3.8) is 0 Å². The fraction of sp³-hybridized carbons (Fsp3) is 0.417. The molecule has 1 heterocycles. The Bertz CT molecular complexity index is 453. The fourth-order valence-corrected chi connectivity index (χ4v) is 2.33. The van der Waals surface area contributed by atoms with Gasteiger partial charge in [-0.2, -0.15) is 4.98 Å². The van der Waals surface area contributed by atoms with Gasteiger partial charge in [0.2, 0.25) is 0 Å². The molecule has 0 fully saturated rings. The second-order valence-corrected chi connectivity index (χ2v) is 5.19. The van der Waals surface area contributed by atoms with Gasteiger partial charge in [-0.3, -0.25) is 0 Å². The van der Waals surface area contributed by atoms with Gasteiger partial charge < -0.3 is 14.1 Å². The third kappa shape index (κ3) is 2.98. The van der Waals surface area contributed by atoms with Crippen LogP contribution in [0.2, 0.25) is 0 Å². The summed E-state index contributed by atoms with van der Waals surface area (Å²) in [4.78, 5) is 6.65. The van der Waals surface area contributed by atoms with Gasteiger partial charge in [0.05, 0.1) is 11.4 Å². The van der Waals surface area contributed by atoms with Gasteiger partial charge in [0.15, 0.2) is 5.58 Å². The molecule has 1 aromatic heterocycles. The summed E-state index contributed by atoms with van der Waals surface area (Å²) in [5, 5.41) is 0. The summed E-state index contributed by atoms with van der Waals surface area (Å²) >= 11 is 3.54. The number of benzene rings is 1. The lowest BCUT2D eigenvalue weighted by molar-refractivity contribution is 0.201. The molecule has 2 aromatic rings. The maximum absolute atomic E-state index is 5.66. The lowest BCUT2D eigenvalue weighted by Gasteiger charge is -2.17. The van der Waals surface area contributed by atoms with E-state index in [9.17, 15) is 0 Å². The molecule has 0 amide bonds. The molecule has 0 N–H and O–H groups in total. The molecule has 4 nitrogen and oxygen atoms in total. The molecule has 5 heteroatoms. The zero-order valence-corrected chi connectivity index (χ0v) is 11.5. The molecule has 92 valence electrons. The number of rotatable bonds is 5. The number of hydrogen-bond acceptors (Lipinski definition) is 4. The molecule has 0 aliphatic rings. The van der Waals surface area contributed by atoms with E-state index < -0.39 is 0 Å². The molecule has 17 heavy (non-hydrogen) atoms. The molecule has 0 spiro atoms. The van der Waals surface area contributed by atoms with Crippen LogP contribution in [0.25, 0.3) is 11.1 Å². The third-order valence-electron chi connectivity index (χ3n) is 2.43. The van der Waals surface area contributed by atoms with Gasteiger partial charge in [-0.1, -0.05) is 28.1 Å². The number of methoxy groups -OCH3 is 1. The summed E-state index contributed by atoms with van der Waals surface area (Å²) in [7, 11) is 3.64. The molecule has 0 aliphatic carbocycles. The number of aromatic nitrogens is 1. The van der Waals surface area contributed by atoms with Gasteiger partial charge in [-0.15, -0.1) is 0 Å². The number of nitrogens with zero attached hydrogens (tertiary/aromatic N) is 2. The van der Waals surface area contributed by atoms with Crippen LogP contribution in [0.3, 0.4) is 0 Å². The summed E-state index contributed by atoms with van der Waals surface area (Å²) in [5.41, 5.74) is 1.69. The van der Waals surface area contributed by atoms with Crippen LogP contribution in [0.4, 0.5) is 6.01 Å². The van der Waals surface area contributed by atoms with Crippen molar-refractivity contribution in [3.8, 4) is 0 Å². The van der Waals surface area contributed by atoms with Crippen molar-refractivity contribution in [2.24, 2.45) is 0 Å². The number of para-hydroxylation sites is 2. The van der Waals surface area contributed by atoms with Crippen LogP contribution in [0.5, 0.6) is 0 Å². The van der Waals surface area contributed by atoms with E-state index in [0.717, 1.165) is 17.6 Å². The minimum absolute atomic E-state index is 0.257. The van der Waals surface area contributed by atoms with Crippen molar-refractivity contribution < 1.29 is 9.15 Å². The third-order valence-corrected chi connectivity index (χ3v) is 2.98. The molecule has 0 bridgehead atoms. The maximum Gasteiger partial charge on any atom is 0.298 e. The molecular formula is C12H15BrN2O2. The van der Waals surface area contributed by atoms with Crippen LogP contribution >= 0.6 is 15.9 Å². The van der Waals surface area contributed by atoms with Crippen LogP contribution in [-0.4, -0.2) is 37.1 Å². The first-order valence-electron chi connectivity index (χ1n) is 5.40. The molecule has 0 saturated heterocycles. The molecule has 1 atom stereocenters. The van der Waals surface area contributed by atoms with E-state index in [-0.39, 0.29) is 4.83 Å². The largest absolute Gasteiger partial charge is 0.423 e. The van der Waals surface area contributed by atoms with Gasteiger partial charge in [-0.25, -0.2) is 0 Å². The SMILES string of the molecule is COCC(Br)CN(C)c1nc2ccccc2o1.